The molecule has 8 nitrogen and oxygen atoms in total. The average Bonchev–Trinajstić information content (AvgIpc) is 2.93. The highest BCUT2D eigenvalue weighted by Gasteiger charge is 2.45. The molecule has 3 N–H and O–H groups in total. The van der Waals surface area contributed by atoms with Gasteiger partial charge in [-0.25, -0.2) is 9.18 Å². The molecule has 1 aliphatic heterocycles. The SMILES string of the molecule is Cc1cn([C@@H]2O[C@H](CO)[C@@H](O)[C@H]2F)c(=O)nc1NC(=O)c1ccccc1. The lowest BCUT2D eigenvalue weighted by atomic mass is 10.1. The molecule has 0 bridgehead atoms. The first-order valence-electron chi connectivity index (χ1n) is 7.97. The maximum Gasteiger partial charge on any atom is 0.351 e. The number of benzene rings is 1. The number of nitrogens with one attached hydrogen (secondary N) is 1. The second-order valence-corrected chi connectivity index (χ2v) is 5.97. The van der Waals surface area contributed by atoms with Gasteiger partial charge in [-0.3, -0.25) is 9.36 Å². The number of aromatic nitrogens is 2. The number of hydrogen-bond acceptors (Lipinski definition) is 6. The number of aryl methyl sites for hydroxylation is 1. The van der Waals surface area contributed by atoms with Crippen molar-refractivity contribution in [2.24, 2.45) is 0 Å². The molecule has 2 aromatic rings. The minimum Gasteiger partial charge on any atom is -0.394 e. The molecule has 1 fully saturated rings. The van der Waals surface area contributed by atoms with E-state index in [1.54, 1.807) is 37.3 Å². The zero-order chi connectivity index (χ0) is 18.8. The van der Waals surface area contributed by atoms with E-state index in [1.165, 1.54) is 6.20 Å². The number of halogens is 1. The second-order valence-electron chi connectivity index (χ2n) is 5.97. The molecule has 0 unspecified atom stereocenters. The lowest BCUT2D eigenvalue weighted by molar-refractivity contribution is -0.0491. The lowest BCUT2D eigenvalue weighted by Gasteiger charge is -2.17. The van der Waals surface area contributed by atoms with Crippen LogP contribution >= 0.6 is 0 Å². The van der Waals surface area contributed by atoms with Crippen molar-refractivity contribution in [3.63, 3.8) is 0 Å². The van der Waals surface area contributed by atoms with Gasteiger partial charge in [0.2, 0.25) is 0 Å². The molecule has 0 aliphatic carbocycles. The predicted molar refractivity (Wildman–Crippen MR) is 89.5 cm³/mol. The summed E-state index contributed by atoms with van der Waals surface area (Å²) < 4.78 is 20.3. The Bertz CT molecular complexity index is 857. The molecule has 1 saturated heterocycles. The molecule has 3 rings (SSSR count). The number of carbonyl (C=O) groups excluding carboxylic acids is 1. The fourth-order valence-electron chi connectivity index (χ4n) is 2.72. The number of carbonyl (C=O) groups is 1. The Morgan fingerprint density at radius 3 is 2.69 bits per heavy atom. The van der Waals surface area contributed by atoms with E-state index in [-0.39, 0.29) is 5.82 Å². The summed E-state index contributed by atoms with van der Waals surface area (Å²) in [5, 5.41) is 21.3. The van der Waals surface area contributed by atoms with Crippen molar-refractivity contribution in [2.45, 2.75) is 31.5 Å². The number of nitrogens with zero attached hydrogens (tertiary/aromatic N) is 2. The standard InChI is InChI=1S/C17H18FN3O5/c1-9-7-21(16-12(18)13(23)11(8-22)26-16)17(25)20-14(9)19-15(24)10-5-3-2-4-6-10/h2-7,11-13,16,22-23H,8H2,1H3,(H,19,20,24,25)/t11-,12-,13-,16-/m1/s1. The molecule has 1 aromatic carbocycles. The zero-order valence-corrected chi connectivity index (χ0v) is 13.9. The Morgan fingerprint density at radius 1 is 1.38 bits per heavy atom. The van der Waals surface area contributed by atoms with Crippen LogP contribution in [0.2, 0.25) is 0 Å². The van der Waals surface area contributed by atoms with Crippen LogP contribution in [0.4, 0.5) is 10.2 Å². The number of aliphatic hydroxyl groups is 2. The molecule has 2 heterocycles. The van der Waals surface area contributed by atoms with Gasteiger partial charge in [0.25, 0.3) is 5.91 Å². The molecule has 0 radical (unpaired) electrons. The summed E-state index contributed by atoms with van der Waals surface area (Å²) >= 11 is 0. The Balaban J connectivity index is 1.85. The molecule has 1 aromatic heterocycles. The van der Waals surface area contributed by atoms with Gasteiger partial charge in [-0.2, -0.15) is 4.98 Å². The van der Waals surface area contributed by atoms with Gasteiger partial charge in [0.1, 0.15) is 18.0 Å². The summed E-state index contributed by atoms with van der Waals surface area (Å²) in [7, 11) is 0. The second kappa shape index (κ2) is 7.32. The molecule has 1 amide bonds. The monoisotopic (exact) mass is 363 g/mol. The van der Waals surface area contributed by atoms with E-state index in [2.05, 4.69) is 10.3 Å². The number of alkyl halides is 1. The third kappa shape index (κ3) is 3.36. The zero-order valence-electron chi connectivity index (χ0n) is 13.9. The highest BCUT2D eigenvalue weighted by molar-refractivity contribution is 6.03. The lowest BCUT2D eigenvalue weighted by Crippen LogP contribution is -2.34. The highest BCUT2D eigenvalue weighted by Crippen LogP contribution is 2.31. The number of anilines is 1. The van der Waals surface area contributed by atoms with Crippen LogP contribution in [0.15, 0.2) is 41.3 Å². The third-order valence-electron chi connectivity index (χ3n) is 4.15. The maximum atomic E-state index is 14.2. The van der Waals surface area contributed by atoms with Gasteiger partial charge < -0.3 is 20.3 Å². The molecule has 138 valence electrons. The van der Waals surface area contributed by atoms with Crippen LogP contribution in [0.3, 0.4) is 0 Å². The molecule has 26 heavy (non-hydrogen) atoms. The Morgan fingerprint density at radius 2 is 2.08 bits per heavy atom. The Labute approximate surface area is 147 Å². The van der Waals surface area contributed by atoms with Crippen LogP contribution in [-0.2, 0) is 4.74 Å². The first-order chi connectivity index (χ1) is 12.4. The first-order valence-corrected chi connectivity index (χ1v) is 7.97. The Hall–Kier alpha value is -2.62. The van der Waals surface area contributed by atoms with Crippen LogP contribution in [-0.4, -0.2) is 50.7 Å². The van der Waals surface area contributed by atoms with E-state index < -0.39 is 42.8 Å². The number of amides is 1. The molecule has 0 spiro atoms. The summed E-state index contributed by atoms with van der Waals surface area (Å²) in [5.41, 5.74) is -0.0428. The molecular formula is C17H18FN3O5. The summed E-state index contributed by atoms with van der Waals surface area (Å²) in [4.78, 5) is 28.2. The molecule has 0 saturated carbocycles. The number of hydrogen-bond donors (Lipinski definition) is 3. The Kier molecular flexibility index (Phi) is 5.12. The third-order valence-corrected chi connectivity index (χ3v) is 4.15. The van der Waals surface area contributed by atoms with E-state index in [4.69, 9.17) is 9.84 Å². The summed E-state index contributed by atoms with van der Waals surface area (Å²) in [6, 6.07) is 8.40. The van der Waals surface area contributed by atoms with Gasteiger partial charge in [0, 0.05) is 17.3 Å². The molecule has 9 heteroatoms. The number of ether oxygens (including phenoxy) is 1. The van der Waals surface area contributed by atoms with Crippen molar-refractivity contribution in [3.05, 3.63) is 58.1 Å². The normalized spacial score (nSPS) is 25.2. The predicted octanol–water partition coefficient (Wildman–Crippen LogP) is 0.393. The van der Waals surface area contributed by atoms with Crippen LogP contribution in [0.25, 0.3) is 0 Å². The topological polar surface area (TPSA) is 114 Å². The minimum atomic E-state index is -1.89. The van der Waals surface area contributed by atoms with Crippen molar-refractivity contribution >= 4 is 11.7 Å². The smallest absolute Gasteiger partial charge is 0.351 e. The first kappa shape index (κ1) is 18.2. The quantitative estimate of drug-likeness (QED) is 0.724. The van der Waals surface area contributed by atoms with Crippen LogP contribution in [0, 0.1) is 6.92 Å². The van der Waals surface area contributed by atoms with Gasteiger partial charge in [0.05, 0.1) is 6.61 Å². The molecule has 4 atom stereocenters. The molecular weight excluding hydrogens is 345 g/mol. The fraction of sp³-hybridized carbons (Fsp3) is 0.353. The van der Waals surface area contributed by atoms with Gasteiger partial charge in [-0.15, -0.1) is 0 Å². The minimum absolute atomic E-state index is 0.0489. The van der Waals surface area contributed by atoms with E-state index in [9.17, 15) is 19.1 Å². The number of aliphatic hydroxyl groups excluding tert-OH is 2. The van der Waals surface area contributed by atoms with Crippen molar-refractivity contribution in [1.82, 2.24) is 9.55 Å². The summed E-state index contributed by atoms with van der Waals surface area (Å²) in [5.74, 6) is -0.387. The van der Waals surface area contributed by atoms with Gasteiger partial charge in [-0.05, 0) is 19.1 Å². The van der Waals surface area contributed by atoms with Gasteiger partial charge in [-0.1, -0.05) is 18.2 Å². The highest BCUT2D eigenvalue weighted by atomic mass is 19.1. The fourth-order valence-corrected chi connectivity index (χ4v) is 2.72. The van der Waals surface area contributed by atoms with Gasteiger partial charge in [0.15, 0.2) is 12.4 Å². The summed E-state index contributed by atoms with van der Waals surface area (Å²) in [6.45, 7) is 1.01. The van der Waals surface area contributed by atoms with Crippen LogP contribution < -0.4 is 11.0 Å². The van der Waals surface area contributed by atoms with Crippen molar-refractivity contribution in [1.29, 1.82) is 0 Å². The maximum absolute atomic E-state index is 14.2. The van der Waals surface area contributed by atoms with E-state index >= 15 is 0 Å². The largest absolute Gasteiger partial charge is 0.394 e. The van der Waals surface area contributed by atoms with E-state index in [0.717, 1.165) is 4.57 Å². The molecule has 1 aliphatic rings. The van der Waals surface area contributed by atoms with Crippen LogP contribution in [0.5, 0.6) is 0 Å². The summed E-state index contributed by atoms with van der Waals surface area (Å²) in [6.07, 6.45) is -4.68. The van der Waals surface area contributed by atoms with Crippen molar-refractivity contribution in [3.8, 4) is 0 Å². The number of rotatable bonds is 4. The van der Waals surface area contributed by atoms with Crippen LogP contribution in [0.1, 0.15) is 22.1 Å². The van der Waals surface area contributed by atoms with Crippen molar-refractivity contribution in [2.75, 3.05) is 11.9 Å². The van der Waals surface area contributed by atoms with E-state index in [0.29, 0.717) is 11.1 Å². The van der Waals surface area contributed by atoms with E-state index in [1.807, 2.05) is 0 Å². The average molecular weight is 363 g/mol. The van der Waals surface area contributed by atoms with Crippen molar-refractivity contribution < 1.29 is 24.1 Å². The van der Waals surface area contributed by atoms with Gasteiger partial charge >= 0.3 is 5.69 Å².